The second-order valence-electron chi connectivity index (χ2n) is 8.72. The largest absolute Gasteiger partial charge is 0.737 e. The molecule has 2 heterocycles. The van der Waals surface area contributed by atoms with Crippen molar-refractivity contribution in [1.82, 2.24) is 10.3 Å². The standard InChI is InChI=1S/C20H40N4O11/c1-4-6-21-7-5-8-23(24(31)22-30)9-12-18(32-3)16(28)17(29)20(34-12)35-19-13(10-25)33-11(2)14(26)15(19)27/h11-21,25-30H,4-10H2,1-3H3/p-1/b24-22-/t11-,12-,13-,14+,15-,16-,17-,18-,19?,20-/m1/s1. The lowest BCUT2D eigenvalue weighted by molar-refractivity contribution is -0.692. The molecule has 1 unspecified atom stereocenters. The molecule has 15 nitrogen and oxygen atoms in total. The van der Waals surface area contributed by atoms with Crippen molar-refractivity contribution in [2.75, 3.05) is 39.9 Å². The number of nitrogens with zero attached hydrogens (tertiary/aromatic N) is 3. The van der Waals surface area contributed by atoms with Crippen molar-refractivity contribution < 1.29 is 49.4 Å². The Morgan fingerprint density at radius 3 is 2.31 bits per heavy atom. The Hall–Kier alpha value is -1.40. The molecule has 2 saturated heterocycles. The summed E-state index contributed by atoms with van der Waals surface area (Å²) >= 11 is 0. The van der Waals surface area contributed by atoms with Crippen LogP contribution in [0.25, 0.3) is 0 Å². The van der Waals surface area contributed by atoms with Gasteiger partial charge in [-0.3, -0.25) is 0 Å². The number of hydrogen-bond acceptors (Lipinski definition) is 13. The molecule has 0 aromatic rings. The minimum absolute atomic E-state index is 0.124. The van der Waals surface area contributed by atoms with E-state index in [0.29, 0.717) is 13.0 Å². The van der Waals surface area contributed by atoms with Gasteiger partial charge in [-0.2, -0.15) is 0 Å². The van der Waals surface area contributed by atoms with E-state index in [2.05, 4.69) is 10.6 Å². The lowest BCUT2D eigenvalue weighted by Gasteiger charge is -2.46. The van der Waals surface area contributed by atoms with Crippen LogP contribution in [0.3, 0.4) is 0 Å². The first-order chi connectivity index (χ1) is 16.7. The number of aliphatic hydroxyl groups is 5. The Balaban J connectivity index is 2.15. The van der Waals surface area contributed by atoms with Crippen LogP contribution in [0.15, 0.2) is 5.28 Å². The molecular weight excluding hydrogens is 472 g/mol. The minimum atomic E-state index is -1.64. The zero-order valence-electron chi connectivity index (χ0n) is 20.3. The van der Waals surface area contributed by atoms with Gasteiger partial charge in [0, 0.05) is 12.1 Å². The van der Waals surface area contributed by atoms with E-state index in [9.17, 15) is 35.9 Å². The molecule has 35 heavy (non-hydrogen) atoms. The molecule has 0 aliphatic carbocycles. The zero-order chi connectivity index (χ0) is 26.1. The van der Waals surface area contributed by atoms with Crippen molar-refractivity contribution in [3.05, 3.63) is 10.4 Å². The number of rotatable bonds is 13. The summed E-state index contributed by atoms with van der Waals surface area (Å²) in [7, 11) is 1.28. The molecule has 206 valence electrons. The topological polar surface area (TPSA) is 215 Å². The van der Waals surface area contributed by atoms with E-state index in [1.54, 1.807) is 0 Å². The molecule has 0 aromatic heterocycles. The van der Waals surface area contributed by atoms with E-state index >= 15 is 0 Å². The first-order valence-electron chi connectivity index (χ1n) is 11.8. The molecule has 0 saturated carbocycles. The molecule has 0 spiro atoms. The molecule has 10 atom stereocenters. The highest BCUT2D eigenvalue weighted by Crippen LogP contribution is 2.30. The van der Waals surface area contributed by atoms with Gasteiger partial charge in [0.05, 0.1) is 19.3 Å². The Morgan fingerprint density at radius 2 is 1.71 bits per heavy atom. The SMILES string of the molecule is CCCNCCCN(C[C@H]1O[C@H](OC2[C@@H](CO)O[C@H](C)[C@H](O)[C@H]2O)[C@H](O)[C@@H](O)[C@@H]1OC)/[N+]([O-])=N/[O-]. The van der Waals surface area contributed by atoms with Gasteiger partial charge in [-0.25, -0.2) is 0 Å². The quantitative estimate of drug-likeness (QED) is 0.0648. The summed E-state index contributed by atoms with van der Waals surface area (Å²) in [6, 6.07) is 0. The Morgan fingerprint density at radius 1 is 1.03 bits per heavy atom. The van der Waals surface area contributed by atoms with Gasteiger partial charge in [0.15, 0.2) is 6.29 Å². The Labute approximate surface area is 204 Å². The van der Waals surface area contributed by atoms with Crippen molar-refractivity contribution in [3.63, 3.8) is 0 Å². The van der Waals surface area contributed by atoms with Gasteiger partial charge in [-0.05, 0) is 38.1 Å². The van der Waals surface area contributed by atoms with Crippen molar-refractivity contribution in [1.29, 1.82) is 0 Å². The molecule has 0 amide bonds. The van der Waals surface area contributed by atoms with E-state index < -0.39 is 67.8 Å². The number of methoxy groups -OCH3 is 1. The van der Waals surface area contributed by atoms with E-state index in [1.807, 2.05) is 6.92 Å². The lowest BCUT2D eigenvalue weighted by Crippen LogP contribution is -2.65. The zero-order valence-corrected chi connectivity index (χ0v) is 20.3. The molecule has 2 aliphatic rings. The third-order valence-electron chi connectivity index (χ3n) is 6.21. The van der Waals surface area contributed by atoms with Gasteiger partial charge in [0.2, 0.25) is 0 Å². The molecule has 2 rings (SSSR count). The molecule has 2 fully saturated rings. The molecule has 6 N–H and O–H groups in total. The van der Waals surface area contributed by atoms with Crippen LogP contribution in [-0.4, -0.2) is 137 Å². The molecule has 0 radical (unpaired) electrons. The first-order valence-corrected chi connectivity index (χ1v) is 11.8. The summed E-state index contributed by atoms with van der Waals surface area (Å²) in [6.07, 6.45) is -11.4. The average molecular weight is 512 g/mol. The summed E-state index contributed by atoms with van der Waals surface area (Å²) in [5.41, 5.74) is 0. The highest BCUT2D eigenvalue weighted by molar-refractivity contribution is 4.95. The molecular formula is C20H39N4O11-. The summed E-state index contributed by atoms with van der Waals surface area (Å²) in [4.78, 5) is -0.124. The van der Waals surface area contributed by atoms with Crippen LogP contribution in [0.5, 0.6) is 0 Å². The van der Waals surface area contributed by atoms with E-state index in [4.69, 9.17) is 18.9 Å². The van der Waals surface area contributed by atoms with Gasteiger partial charge < -0.3 is 60.2 Å². The predicted octanol–water partition coefficient (Wildman–Crippen LogP) is -2.60. The molecule has 0 bridgehead atoms. The number of aliphatic hydroxyl groups excluding tert-OH is 5. The van der Waals surface area contributed by atoms with Gasteiger partial charge in [-0.1, -0.05) is 6.92 Å². The third-order valence-corrected chi connectivity index (χ3v) is 6.21. The van der Waals surface area contributed by atoms with Crippen molar-refractivity contribution in [2.24, 2.45) is 5.28 Å². The number of hydrazine groups is 1. The Bertz CT molecular complexity index is 646. The highest BCUT2D eigenvalue weighted by Gasteiger charge is 2.50. The van der Waals surface area contributed by atoms with Gasteiger partial charge in [0.1, 0.15) is 55.4 Å². The van der Waals surface area contributed by atoms with Gasteiger partial charge >= 0.3 is 0 Å². The number of ether oxygens (including phenoxy) is 4. The van der Waals surface area contributed by atoms with Crippen LogP contribution < -0.4 is 5.32 Å². The highest BCUT2D eigenvalue weighted by atomic mass is 16.7. The maximum Gasteiger partial charge on any atom is 0.187 e. The first kappa shape index (κ1) is 29.8. The maximum atomic E-state index is 12.0. The van der Waals surface area contributed by atoms with E-state index in [0.717, 1.165) is 18.0 Å². The number of nitrogens with one attached hydrogen (secondary N) is 1. The fourth-order valence-electron chi connectivity index (χ4n) is 4.25. The summed E-state index contributed by atoms with van der Waals surface area (Å²) in [6.45, 7) is 4.27. The monoisotopic (exact) mass is 511 g/mol. The molecule has 0 aromatic carbocycles. The van der Waals surface area contributed by atoms with Crippen LogP contribution in [-0.2, 0) is 18.9 Å². The third kappa shape index (κ3) is 7.55. The fraction of sp³-hybridized carbons (Fsp3) is 1.00. The van der Waals surface area contributed by atoms with Crippen LogP contribution in [0.4, 0.5) is 0 Å². The maximum absolute atomic E-state index is 12.0. The summed E-state index contributed by atoms with van der Waals surface area (Å²) < 4.78 is 22.2. The lowest BCUT2D eigenvalue weighted by atomic mass is 9.94. The normalized spacial score (nSPS) is 38.5. The second-order valence-corrected chi connectivity index (χ2v) is 8.72. The predicted molar refractivity (Wildman–Crippen MR) is 119 cm³/mol. The number of hydrogen-bond donors (Lipinski definition) is 6. The van der Waals surface area contributed by atoms with Crippen LogP contribution >= 0.6 is 0 Å². The summed E-state index contributed by atoms with van der Waals surface area (Å²) in [5, 5.41) is 81.1. The molecule has 15 heteroatoms. The second kappa shape index (κ2) is 14.4. The van der Waals surface area contributed by atoms with E-state index in [-0.39, 0.29) is 18.1 Å². The minimum Gasteiger partial charge on any atom is -0.737 e. The van der Waals surface area contributed by atoms with Crippen molar-refractivity contribution in [3.8, 4) is 0 Å². The smallest absolute Gasteiger partial charge is 0.187 e. The van der Waals surface area contributed by atoms with Crippen LogP contribution in [0, 0.1) is 10.4 Å². The van der Waals surface area contributed by atoms with Crippen LogP contribution in [0.1, 0.15) is 26.7 Å². The van der Waals surface area contributed by atoms with Crippen LogP contribution in [0.2, 0.25) is 0 Å². The summed E-state index contributed by atoms with van der Waals surface area (Å²) in [5.74, 6) is 0. The van der Waals surface area contributed by atoms with Crippen molar-refractivity contribution >= 4 is 0 Å². The fourth-order valence-corrected chi connectivity index (χ4v) is 4.25. The van der Waals surface area contributed by atoms with Crippen molar-refractivity contribution in [2.45, 2.75) is 87.9 Å². The van der Waals surface area contributed by atoms with Gasteiger partial charge in [-0.15, -0.1) is 5.01 Å². The Kier molecular flexibility index (Phi) is 12.2. The molecule has 2 aliphatic heterocycles. The average Bonchev–Trinajstić information content (AvgIpc) is 2.85. The van der Waals surface area contributed by atoms with Gasteiger partial charge in [0.25, 0.3) is 0 Å². The van der Waals surface area contributed by atoms with E-state index in [1.165, 1.54) is 14.0 Å².